The van der Waals surface area contributed by atoms with Crippen molar-refractivity contribution in [3.05, 3.63) is 11.5 Å². The summed E-state index contributed by atoms with van der Waals surface area (Å²) in [4.78, 5) is 3.73. The number of hydrogen-bond donors (Lipinski definition) is 2. The third-order valence-corrected chi connectivity index (χ3v) is 4.99. The van der Waals surface area contributed by atoms with Crippen LogP contribution in [0.2, 0.25) is 5.15 Å². The van der Waals surface area contributed by atoms with E-state index in [1.54, 1.807) is 14.0 Å². The molecule has 1 unspecified atom stereocenters. The zero-order chi connectivity index (χ0) is 14.0. The van der Waals surface area contributed by atoms with Crippen molar-refractivity contribution in [2.45, 2.75) is 17.6 Å². The van der Waals surface area contributed by atoms with Gasteiger partial charge in [0.2, 0.25) is 5.03 Å². The molecule has 0 radical (unpaired) electrons. The lowest BCUT2D eigenvalue weighted by molar-refractivity contribution is 0.0908. The van der Waals surface area contributed by atoms with Crippen molar-refractivity contribution in [3.8, 4) is 0 Å². The molecule has 6 nitrogen and oxygen atoms in total. The fourth-order valence-electron chi connectivity index (χ4n) is 1.25. The summed E-state index contributed by atoms with van der Waals surface area (Å²) in [5.74, 6) is 0.422. The molecule has 0 aliphatic rings. The van der Waals surface area contributed by atoms with Crippen LogP contribution in [0, 0.1) is 0 Å². The Balaban J connectivity index is 2.81. The van der Waals surface area contributed by atoms with Gasteiger partial charge in [-0.2, -0.15) is 11.8 Å². The first-order valence-corrected chi connectivity index (χ1v) is 8.33. The molecule has 0 saturated heterocycles. The van der Waals surface area contributed by atoms with E-state index in [0.29, 0.717) is 5.75 Å². The first kappa shape index (κ1) is 15.8. The van der Waals surface area contributed by atoms with Crippen LogP contribution >= 0.6 is 23.4 Å². The van der Waals surface area contributed by atoms with Gasteiger partial charge in [-0.25, -0.2) is 18.1 Å². The van der Waals surface area contributed by atoms with Gasteiger partial charge in [-0.05, 0) is 13.2 Å². The first-order valence-electron chi connectivity index (χ1n) is 5.07. The Hall–Kier alpha value is -0.280. The van der Waals surface area contributed by atoms with Crippen LogP contribution in [-0.4, -0.2) is 47.2 Å². The van der Waals surface area contributed by atoms with E-state index in [0.717, 1.165) is 0 Å². The molecular weight excluding hydrogens is 298 g/mol. The minimum atomic E-state index is -3.80. The van der Waals surface area contributed by atoms with Crippen molar-refractivity contribution in [2.75, 3.05) is 18.6 Å². The number of imidazole rings is 1. The van der Waals surface area contributed by atoms with Gasteiger partial charge in [0.25, 0.3) is 10.0 Å². The number of rotatable bonds is 6. The van der Waals surface area contributed by atoms with Crippen LogP contribution in [0.5, 0.6) is 0 Å². The molecular formula is C9H16ClN3O3S2. The zero-order valence-electron chi connectivity index (χ0n) is 10.3. The van der Waals surface area contributed by atoms with Gasteiger partial charge in [-0.3, -0.25) is 0 Å². The summed E-state index contributed by atoms with van der Waals surface area (Å²) in [6, 6.07) is 0. The zero-order valence-corrected chi connectivity index (χ0v) is 12.7. The van der Waals surface area contributed by atoms with Gasteiger partial charge in [0.05, 0.1) is 11.9 Å². The molecule has 1 rings (SSSR count). The number of nitrogens with zero attached hydrogens (tertiary/aromatic N) is 2. The van der Waals surface area contributed by atoms with Crippen LogP contribution < -0.4 is 4.72 Å². The van der Waals surface area contributed by atoms with Gasteiger partial charge < -0.3 is 9.67 Å². The average molecular weight is 314 g/mol. The third-order valence-electron chi connectivity index (χ3n) is 2.19. The number of aryl methyl sites for hydroxylation is 1. The molecule has 1 heterocycles. The van der Waals surface area contributed by atoms with Gasteiger partial charge in [0.1, 0.15) is 5.15 Å². The Bertz CT molecular complexity index is 513. The highest BCUT2D eigenvalue weighted by Crippen LogP contribution is 2.19. The van der Waals surface area contributed by atoms with Crippen molar-refractivity contribution in [2.24, 2.45) is 7.05 Å². The Labute approximate surface area is 116 Å². The van der Waals surface area contributed by atoms with E-state index in [9.17, 15) is 13.5 Å². The molecule has 0 amide bonds. The maximum absolute atomic E-state index is 11.9. The molecule has 0 bridgehead atoms. The molecule has 1 atom stereocenters. The highest BCUT2D eigenvalue weighted by molar-refractivity contribution is 7.98. The van der Waals surface area contributed by atoms with Crippen LogP contribution in [0.3, 0.4) is 0 Å². The molecule has 9 heteroatoms. The minimum absolute atomic E-state index is 0.0343. The van der Waals surface area contributed by atoms with Crippen molar-refractivity contribution in [1.29, 1.82) is 0 Å². The molecule has 0 aliphatic carbocycles. The van der Waals surface area contributed by atoms with E-state index >= 15 is 0 Å². The maximum atomic E-state index is 11.9. The van der Waals surface area contributed by atoms with Crippen molar-refractivity contribution in [1.82, 2.24) is 14.3 Å². The second-order valence-corrected chi connectivity index (χ2v) is 7.11. The molecule has 0 saturated carbocycles. The quantitative estimate of drug-likeness (QED) is 0.797. The summed E-state index contributed by atoms with van der Waals surface area (Å²) in [6.45, 7) is 1.47. The van der Waals surface area contributed by atoms with E-state index in [4.69, 9.17) is 11.6 Å². The Morgan fingerprint density at radius 3 is 2.72 bits per heavy atom. The van der Waals surface area contributed by atoms with Crippen molar-refractivity contribution < 1.29 is 13.5 Å². The van der Waals surface area contributed by atoms with E-state index in [-0.39, 0.29) is 16.7 Å². The lowest BCUT2D eigenvalue weighted by Gasteiger charge is -2.22. The van der Waals surface area contributed by atoms with E-state index in [1.165, 1.54) is 22.7 Å². The fraction of sp³-hybridized carbons (Fsp3) is 0.667. The molecule has 0 aliphatic heterocycles. The second-order valence-electron chi connectivity index (χ2n) is 4.21. The summed E-state index contributed by atoms with van der Waals surface area (Å²) in [7, 11) is -2.21. The Morgan fingerprint density at radius 2 is 2.28 bits per heavy atom. The average Bonchev–Trinajstić information content (AvgIpc) is 2.58. The van der Waals surface area contributed by atoms with Crippen LogP contribution in [0.1, 0.15) is 6.92 Å². The number of nitrogens with one attached hydrogen (secondary N) is 1. The smallest absolute Gasteiger partial charge is 0.261 e. The summed E-state index contributed by atoms with van der Waals surface area (Å²) in [5, 5.41) is 9.70. The normalized spacial score (nSPS) is 15.6. The largest absolute Gasteiger partial charge is 0.388 e. The summed E-state index contributed by atoms with van der Waals surface area (Å²) in [6.07, 6.45) is 3.15. The molecule has 0 spiro atoms. The van der Waals surface area contributed by atoms with Gasteiger partial charge >= 0.3 is 0 Å². The molecule has 2 N–H and O–H groups in total. The fourth-order valence-corrected chi connectivity index (χ4v) is 3.57. The lowest BCUT2D eigenvalue weighted by atomic mass is 10.1. The van der Waals surface area contributed by atoms with Crippen molar-refractivity contribution >= 4 is 33.4 Å². The van der Waals surface area contributed by atoms with Crippen LogP contribution in [0.4, 0.5) is 0 Å². The third kappa shape index (κ3) is 3.86. The summed E-state index contributed by atoms with van der Waals surface area (Å²) in [5.41, 5.74) is -1.12. The minimum Gasteiger partial charge on any atom is -0.388 e. The van der Waals surface area contributed by atoms with Gasteiger partial charge in [0.15, 0.2) is 0 Å². The monoisotopic (exact) mass is 313 g/mol. The van der Waals surface area contributed by atoms with Crippen LogP contribution in [-0.2, 0) is 17.1 Å². The molecule has 1 aromatic heterocycles. The van der Waals surface area contributed by atoms with Gasteiger partial charge in [0, 0.05) is 19.3 Å². The van der Waals surface area contributed by atoms with Crippen LogP contribution in [0.25, 0.3) is 0 Å². The number of thioether (sulfide) groups is 1. The van der Waals surface area contributed by atoms with Crippen molar-refractivity contribution in [3.63, 3.8) is 0 Å². The first-order chi connectivity index (χ1) is 8.19. The van der Waals surface area contributed by atoms with E-state index < -0.39 is 15.6 Å². The molecule has 18 heavy (non-hydrogen) atoms. The molecule has 104 valence electrons. The van der Waals surface area contributed by atoms with Gasteiger partial charge in [-0.1, -0.05) is 11.6 Å². The molecule has 0 aromatic carbocycles. The highest BCUT2D eigenvalue weighted by Gasteiger charge is 2.27. The summed E-state index contributed by atoms with van der Waals surface area (Å²) >= 11 is 7.25. The SMILES string of the molecule is CSCC(C)(O)CNS(=O)(=O)c1ncn(C)c1Cl. The number of sulfonamides is 1. The number of aromatic nitrogens is 2. The number of hydrogen-bond acceptors (Lipinski definition) is 5. The molecule has 1 aromatic rings. The Kier molecular flexibility index (Phi) is 5.07. The number of aliphatic hydroxyl groups is 1. The van der Waals surface area contributed by atoms with E-state index in [2.05, 4.69) is 9.71 Å². The van der Waals surface area contributed by atoms with Gasteiger partial charge in [-0.15, -0.1) is 0 Å². The lowest BCUT2D eigenvalue weighted by Crippen LogP contribution is -2.42. The molecule has 0 fully saturated rings. The predicted octanol–water partition coefficient (Wildman–Crippen LogP) is 0.466. The highest BCUT2D eigenvalue weighted by atomic mass is 35.5. The topological polar surface area (TPSA) is 84.2 Å². The standard InChI is InChI=1S/C9H16ClN3O3S2/c1-9(14,5-17-3)4-12-18(15,16)8-7(10)13(2)6-11-8/h6,12,14H,4-5H2,1-3H3. The van der Waals surface area contributed by atoms with E-state index in [1.807, 2.05) is 6.26 Å². The van der Waals surface area contributed by atoms with Crippen LogP contribution in [0.15, 0.2) is 11.4 Å². The number of halogens is 1. The Morgan fingerprint density at radius 1 is 1.67 bits per heavy atom. The predicted molar refractivity (Wildman–Crippen MR) is 72.4 cm³/mol. The maximum Gasteiger partial charge on any atom is 0.261 e. The summed E-state index contributed by atoms with van der Waals surface area (Å²) < 4.78 is 27.6. The second kappa shape index (κ2) is 5.79.